The average Bonchev–Trinajstić information content (AvgIpc) is 2.84. The molecule has 110 valence electrons. The number of aryl methyl sites for hydroxylation is 1. The Morgan fingerprint density at radius 3 is 2.81 bits per heavy atom. The van der Waals surface area contributed by atoms with Crippen LogP contribution in [0.1, 0.15) is 23.2 Å². The average molecular weight is 287 g/mol. The summed E-state index contributed by atoms with van der Waals surface area (Å²) in [7, 11) is 3.00. The second-order valence-corrected chi connectivity index (χ2v) is 5.05. The van der Waals surface area contributed by atoms with Gasteiger partial charge in [0.15, 0.2) is 0 Å². The van der Waals surface area contributed by atoms with Crippen molar-refractivity contribution in [2.45, 2.75) is 18.4 Å². The van der Waals surface area contributed by atoms with Crippen LogP contribution in [-0.2, 0) is 12.0 Å². The molecule has 21 heavy (non-hydrogen) atoms. The van der Waals surface area contributed by atoms with E-state index >= 15 is 0 Å². The minimum atomic E-state index is -1.21. The van der Waals surface area contributed by atoms with Gasteiger partial charge in [0.2, 0.25) is 11.8 Å². The summed E-state index contributed by atoms with van der Waals surface area (Å²) in [4.78, 5) is 8.50. The number of hydrogen-bond acceptors (Lipinski definition) is 6. The van der Waals surface area contributed by atoms with Gasteiger partial charge in [0.25, 0.3) is 0 Å². The van der Waals surface area contributed by atoms with E-state index in [2.05, 4.69) is 9.97 Å². The van der Waals surface area contributed by atoms with Gasteiger partial charge in [0.1, 0.15) is 11.3 Å². The van der Waals surface area contributed by atoms with Crippen LogP contribution in [0.3, 0.4) is 0 Å². The number of hydrogen-bond donors (Lipinski definition) is 2. The number of rotatable bonds is 3. The first-order valence-corrected chi connectivity index (χ1v) is 6.65. The maximum atomic E-state index is 11.1. The highest BCUT2D eigenvalue weighted by molar-refractivity contribution is 5.52. The third-order valence-corrected chi connectivity index (χ3v) is 3.84. The molecule has 3 rings (SSSR count). The Labute approximate surface area is 122 Å². The number of anilines is 1. The summed E-state index contributed by atoms with van der Waals surface area (Å²) in [5, 5.41) is 11.1. The van der Waals surface area contributed by atoms with Crippen LogP contribution in [0.2, 0.25) is 0 Å². The van der Waals surface area contributed by atoms with Crippen LogP contribution in [0, 0.1) is 0 Å². The molecule has 0 bridgehead atoms. The highest BCUT2D eigenvalue weighted by atomic mass is 16.5. The van der Waals surface area contributed by atoms with Crippen molar-refractivity contribution in [1.29, 1.82) is 0 Å². The lowest BCUT2D eigenvalue weighted by Crippen LogP contribution is -2.26. The molecule has 6 heteroatoms. The Morgan fingerprint density at radius 2 is 2.10 bits per heavy atom. The van der Waals surface area contributed by atoms with Gasteiger partial charge >= 0.3 is 0 Å². The lowest BCUT2D eigenvalue weighted by Gasteiger charge is -2.24. The molecule has 1 heterocycles. The number of aliphatic hydroxyl groups is 1. The van der Waals surface area contributed by atoms with Crippen molar-refractivity contribution in [1.82, 2.24) is 9.97 Å². The molecule has 1 unspecified atom stereocenters. The summed E-state index contributed by atoms with van der Waals surface area (Å²) in [6.07, 6.45) is 2.72. The number of methoxy groups -OCH3 is 2. The predicted octanol–water partition coefficient (Wildman–Crippen LogP) is 1.26. The maximum Gasteiger partial charge on any atom is 0.242 e. The molecular weight excluding hydrogens is 270 g/mol. The lowest BCUT2D eigenvalue weighted by atomic mass is 9.92. The number of nitrogens with zero attached hydrogens (tertiary/aromatic N) is 2. The topological polar surface area (TPSA) is 90.5 Å². The van der Waals surface area contributed by atoms with Gasteiger partial charge in [-0.25, -0.2) is 4.98 Å². The molecule has 1 aromatic heterocycles. The third kappa shape index (κ3) is 2.08. The van der Waals surface area contributed by atoms with Crippen LogP contribution in [0.5, 0.6) is 11.8 Å². The smallest absolute Gasteiger partial charge is 0.242 e. The fraction of sp³-hybridized carbons (Fsp3) is 0.333. The van der Waals surface area contributed by atoms with Gasteiger partial charge in [-0.2, -0.15) is 4.98 Å². The van der Waals surface area contributed by atoms with E-state index in [0.717, 1.165) is 17.5 Å². The summed E-state index contributed by atoms with van der Waals surface area (Å²) in [5.41, 5.74) is 7.50. The van der Waals surface area contributed by atoms with E-state index in [1.165, 1.54) is 20.4 Å². The van der Waals surface area contributed by atoms with Crippen molar-refractivity contribution in [3.63, 3.8) is 0 Å². The van der Waals surface area contributed by atoms with E-state index in [4.69, 9.17) is 15.2 Å². The molecule has 1 atom stereocenters. The van der Waals surface area contributed by atoms with Crippen molar-refractivity contribution >= 4 is 5.69 Å². The quantitative estimate of drug-likeness (QED) is 0.826. The number of aromatic nitrogens is 2. The molecule has 1 aromatic carbocycles. The molecule has 6 nitrogen and oxygen atoms in total. The van der Waals surface area contributed by atoms with E-state index in [1.807, 2.05) is 12.1 Å². The summed E-state index contributed by atoms with van der Waals surface area (Å²) in [6, 6.07) is 5.50. The molecule has 1 aliphatic carbocycles. The van der Waals surface area contributed by atoms with E-state index in [1.54, 1.807) is 6.07 Å². The first kappa shape index (κ1) is 13.6. The minimum Gasteiger partial charge on any atom is -0.480 e. The normalized spacial score (nSPS) is 20.1. The SMILES string of the molecule is COc1cnc(C2(O)CCc3cc(N)ccc32)c(OC)n1. The van der Waals surface area contributed by atoms with Crippen molar-refractivity contribution in [3.05, 3.63) is 41.2 Å². The zero-order valence-electron chi connectivity index (χ0n) is 12.0. The Bertz CT molecular complexity index is 690. The van der Waals surface area contributed by atoms with Crippen LogP contribution in [0.4, 0.5) is 5.69 Å². The molecular formula is C15H17N3O3. The highest BCUT2D eigenvalue weighted by Gasteiger charge is 2.42. The molecule has 1 aliphatic rings. The van der Waals surface area contributed by atoms with Gasteiger partial charge in [-0.3, -0.25) is 0 Å². The fourth-order valence-corrected chi connectivity index (χ4v) is 2.80. The van der Waals surface area contributed by atoms with Crippen molar-refractivity contribution in [2.24, 2.45) is 0 Å². The van der Waals surface area contributed by atoms with Gasteiger partial charge in [-0.05, 0) is 36.1 Å². The van der Waals surface area contributed by atoms with Gasteiger partial charge in [-0.1, -0.05) is 6.07 Å². The van der Waals surface area contributed by atoms with Gasteiger partial charge in [-0.15, -0.1) is 0 Å². The van der Waals surface area contributed by atoms with Crippen molar-refractivity contribution in [3.8, 4) is 11.8 Å². The Morgan fingerprint density at radius 1 is 1.29 bits per heavy atom. The largest absolute Gasteiger partial charge is 0.480 e. The van der Waals surface area contributed by atoms with Crippen molar-refractivity contribution in [2.75, 3.05) is 20.0 Å². The molecule has 3 N–H and O–H groups in total. The van der Waals surface area contributed by atoms with E-state index in [9.17, 15) is 5.11 Å². The standard InChI is InChI=1S/C15H17N3O3/c1-20-12-8-17-13(14(18-12)21-2)15(19)6-5-9-7-10(16)3-4-11(9)15/h3-4,7-8,19H,5-6,16H2,1-2H3. The molecule has 0 radical (unpaired) electrons. The molecule has 0 fully saturated rings. The summed E-state index contributed by atoms with van der Waals surface area (Å²) >= 11 is 0. The predicted molar refractivity (Wildman–Crippen MR) is 77.3 cm³/mol. The van der Waals surface area contributed by atoms with Gasteiger partial charge in [0, 0.05) is 5.69 Å². The van der Waals surface area contributed by atoms with Gasteiger partial charge in [0.05, 0.1) is 20.4 Å². The zero-order chi connectivity index (χ0) is 15.0. The fourth-order valence-electron chi connectivity index (χ4n) is 2.80. The lowest BCUT2D eigenvalue weighted by molar-refractivity contribution is 0.0740. The van der Waals surface area contributed by atoms with E-state index < -0.39 is 5.60 Å². The maximum absolute atomic E-state index is 11.1. The van der Waals surface area contributed by atoms with Crippen LogP contribution < -0.4 is 15.2 Å². The Balaban J connectivity index is 2.13. The number of ether oxygens (including phenoxy) is 2. The Kier molecular flexibility index (Phi) is 3.17. The number of nitrogens with two attached hydrogens (primary N) is 1. The summed E-state index contributed by atoms with van der Waals surface area (Å²) < 4.78 is 10.3. The first-order valence-electron chi connectivity index (χ1n) is 6.65. The minimum absolute atomic E-state index is 0.265. The highest BCUT2D eigenvalue weighted by Crippen LogP contribution is 2.44. The first-order chi connectivity index (χ1) is 10.1. The Hall–Kier alpha value is -2.34. The molecule has 0 saturated heterocycles. The molecule has 0 aliphatic heterocycles. The van der Waals surface area contributed by atoms with Crippen molar-refractivity contribution < 1.29 is 14.6 Å². The second-order valence-electron chi connectivity index (χ2n) is 5.05. The number of benzene rings is 1. The van der Waals surface area contributed by atoms with Crippen LogP contribution in [-0.4, -0.2) is 29.3 Å². The number of nitrogen functional groups attached to an aromatic ring is 1. The second kappa shape index (κ2) is 4.89. The monoisotopic (exact) mass is 287 g/mol. The third-order valence-electron chi connectivity index (χ3n) is 3.84. The van der Waals surface area contributed by atoms with E-state index in [-0.39, 0.29) is 5.88 Å². The van der Waals surface area contributed by atoms with Gasteiger partial charge < -0.3 is 20.3 Å². The molecule has 0 saturated carbocycles. The number of fused-ring (bicyclic) bond motifs is 1. The van der Waals surface area contributed by atoms with Crippen LogP contribution in [0.25, 0.3) is 0 Å². The molecule has 0 spiro atoms. The van der Waals surface area contributed by atoms with E-state index in [0.29, 0.717) is 23.7 Å². The summed E-state index contributed by atoms with van der Waals surface area (Å²) in [5.74, 6) is 0.608. The molecule has 2 aromatic rings. The zero-order valence-corrected chi connectivity index (χ0v) is 12.0. The molecule has 0 amide bonds. The summed E-state index contributed by atoms with van der Waals surface area (Å²) in [6.45, 7) is 0. The van der Waals surface area contributed by atoms with Crippen LogP contribution in [0.15, 0.2) is 24.4 Å². The van der Waals surface area contributed by atoms with Crippen LogP contribution >= 0.6 is 0 Å².